The van der Waals surface area contributed by atoms with Crippen molar-refractivity contribution in [2.75, 3.05) is 0 Å². The first kappa shape index (κ1) is 18.8. The molecule has 9 heteroatoms. The zero-order valence-corrected chi connectivity index (χ0v) is 11.4. The Kier molecular flexibility index (Phi) is 13.5. The van der Waals surface area contributed by atoms with Crippen molar-refractivity contribution in [1.82, 2.24) is 0 Å². The number of hydrogen-bond acceptors (Lipinski definition) is 3. The third-order valence-corrected chi connectivity index (χ3v) is 1.46. The molecule has 0 bridgehead atoms. The van der Waals surface area contributed by atoms with Gasteiger partial charge in [0.25, 0.3) is 5.25 Å². The van der Waals surface area contributed by atoms with Crippen LogP contribution in [0.5, 0.6) is 0 Å². The van der Waals surface area contributed by atoms with Crippen molar-refractivity contribution in [2.24, 2.45) is 0 Å². The number of rotatable bonds is 3. The summed E-state index contributed by atoms with van der Waals surface area (Å²) in [7, 11) is 0. The predicted octanol–water partition coefficient (Wildman–Crippen LogP) is -7.02. The van der Waals surface area contributed by atoms with Gasteiger partial charge in [-0.2, -0.15) is 0 Å². The van der Waals surface area contributed by atoms with E-state index in [9.17, 15) is 13.8 Å². The van der Waals surface area contributed by atoms with Gasteiger partial charge in [-0.25, -0.2) is 4.21 Å². The van der Waals surface area contributed by atoms with E-state index in [4.69, 9.17) is 14.8 Å². The molecule has 3 N–H and O–H groups in total. The Morgan fingerprint density at radius 2 is 1.42 bits per heavy atom. The van der Waals surface area contributed by atoms with Crippen molar-refractivity contribution in [3.05, 3.63) is 0 Å². The van der Waals surface area contributed by atoms with Crippen molar-refractivity contribution in [1.29, 1.82) is 0 Å². The van der Waals surface area contributed by atoms with Crippen LogP contribution in [0, 0.1) is 0 Å². The molecular weight excluding hydrogens is 210 g/mol. The van der Waals surface area contributed by atoms with Crippen LogP contribution in [0.1, 0.15) is 2.85 Å². The first-order valence-corrected chi connectivity index (χ1v) is 3.19. The van der Waals surface area contributed by atoms with Crippen molar-refractivity contribution in [3.63, 3.8) is 0 Å². The molecule has 62 valence electrons. The van der Waals surface area contributed by atoms with Crippen LogP contribution in [-0.2, 0) is 20.7 Å². The molecule has 0 aliphatic carbocycles. The molecule has 0 aliphatic rings. The van der Waals surface area contributed by atoms with E-state index in [-0.39, 0.29) is 62.0 Å². The molecule has 0 saturated carbocycles. The SMILES string of the molecule is O=C(O)C(C(=O)O)S(=O)O.[H-].[H-].[Na+].[Na+]. The molecule has 12 heavy (non-hydrogen) atoms. The zero-order valence-electron chi connectivity index (χ0n) is 8.55. The van der Waals surface area contributed by atoms with E-state index in [0.29, 0.717) is 0 Å². The Hall–Kier alpha value is 1.05. The van der Waals surface area contributed by atoms with Crippen LogP contribution < -0.4 is 59.1 Å². The fourth-order valence-corrected chi connectivity index (χ4v) is 0.623. The molecule has 0 amide bonds. The van der Waals surface area contributed by atoms with Crippen LogP contribution in [0.4, 0.5) is 0 Å². The molecule has 0 aliphatic heterocycles. The second kappa shape index (κ2) is 8.64. The van der Waals surface area contributed by atoms with E-state index >= 15 is 0 Å². The Balaban J connectivity index is -0.0000000675. The van der Waals surface area contributed by atoms with Gasteiger partial charge in [-0.1, -0.05) is 0 Å². The first-order valence-electron chi connectivity index (χ1n) is 2.02. The van der Waals surface area contributed by atoms with Crippen LogP contribution in [0.3, 0.4) is 0 Å². The molecule has 0 heterocycles. The summed E-state index contributed by atoms with van der Waals surface area (Å²) in [6.07, 6.45) is 0. The first-order chi connectivity index (χ1) is 4.46. The van der Waals surface area contributed by atoms with E-state index in [2.05, 4.69) is 0 Å². The molecule has 6 nitrogen and oxygen atoms in total. The Morgan fingerprint density at radius 1 is 1.17 bits per heavy atom. The fourth-order valence-electron chi connectivity index (χ4n) is 0.278. The van der Waals surface area contributed by atoms with E-state index in [0.717, 1.165) is 0 Å². The summed E-state index contributed by atoms with van der Waals surface area (Å²) in [6, 6.07) is 0. The minimum absolute atomic E-state index is 0. The number of hydrogen-bond donors (Lipinski definition) is 3. The third kappa shape index (κ3) is 6.55. The Labute approximate surface area is 118 Å². The molecule has 0 spiro atoms. The van der Waals surface area contributed by atoms with Gasteiger partial charge in [-0.05, 0) is 0 Å². The van der Waals surface area contributed by atoms with Gasteiger partial charge in [0.1, 0.15) is 0 Å². The third-order valence-electron chi connectivity index (χ3n) is 0.650. The molecule has 0 fully saturated rings. The second-order valence-corrected chi connectivity index (χ2v) is 2.36. The Bertz CT molecular complexity index is 168. The molecular formula is C3H6Na2O6S. The molecule has 0 saturated heterocycles. The minimum atomic E-state index is -2.86. The van der Waals surface area contributed by atoms with Gasteiger partial charge in [0.05, 0.1) is 0 Å². The van der Waals surface area contributed by atoms with Crippen molar-refractivity contribution >= 4 is 23.0 Å². The molecule has 1 atom stereocenters. The number of carboxylic acids is 2. The summed E-state index contributed by atoms with van der Waals surface area (Å²) < 4.78 is 18.0. The normalized spacial score (nSPS) is 10.8. The van der Waals surface area contributed by atoms with Gasteiger partial charge < -0.3 is 17.6 Å². The minimum Gasteiger partial charge on any atom is -1.00 e. The summed E-state index contributed by atoms with van der Waals surface area (Å²) in [5.74, 6) is -3.65. The molecule has 0 aromatic carbocycles. The molecule has 0 aromatic heterocycles. The zero-order chi connectivity index (χ0) is 8.31. The van der Waals surface area contributed by atoms with E-state index in [1.807, 2.05) is 0 Å². The van der Waals surface area contributed by atoms with Crippen molar-refractivity contribution in [2.45, 2.75) is 5.25 Å². The predicted molar refractivity (Wildman–Crippen MR) is 32.1 cm³/mol. The maximum Gasteiger partial charge on any atom is 1.00 e. The smallest absolute Gasteiger partial charge is 1.00 e. The van der Waals surface area contributed by atoms with E-state index in [1.165, 1.54) is 0 Å². The van der Waals surface area contributed by atoms with Gasteiger partial charge >= 0.3 is 71.1 Å². The van der Waals surface area contributed by atoms with Gasteiger partial charge in [-0.3, -0.25) is 9.59 Å². The van der Waals surface area contributed by atoms with E-state index < -0.39 is 28.3 Å². The van der Waals surface area contributed by atoms with Crippen LogP contribution in [0.15, 0.2) is 0 Å². The topological polar surface area (TPSA) is 112 Å². The number of carbonyl (C=O) groups is 2. The van der Waals surface area contributed by atoms with Crippen molar-refractivity contribution < 1.29 is 90.5 Å². The fraction of sp³-hybridized carbons (Fsp3) is 0.333. The quantitative estimate of drug-likeness (QED) is 0.245. The van der Waals surface area contributed by atoms with Gasteiger partial charge in [0.2, 0.25) is 0 Å². The van der Waals surface area contributed by atoms with Gasteiger partial charge in [0.15, 0.2) is 11.1 Å². The Morgan fingerprint density at radius 3 is 1.42 bits per heavy atom. The molecule has 0 rings (SSSR count). The maximum absolute atomic E-state index is 9.93. The largest absolute Gasteiger partial charge is 1.00 e. The molecule has 0 aromatic rings. The van der Waals surface area contributed by atoms with Crippen LogP contribution in [0.2, 0.25) is 0 Å². The van der Waals surface area contributed by atoms with Crippen molar-refractivity contribution in [3.8, 4) is 0 Å². The summed E-state index contributed by atoms with van der Waals surface area (Å²) in [6.45, 7) is 0. The molecule has 0 radical (unpaired) electrons. The average molecular weight is 216 g/mol. The summed E-state index contributed by atoms with van der Waals surface area (Å²) in [4.78, 5) is 19.7. The maximum atomic E-state index is 9.93. The average Bonchev–Trinajstić information content (AvgIpc) is 1.59. The van der Waals surface area contributed by atoms with Gasteiger partial charge in [-0.15, -0.1) is 0 Å². The number of carboxylic acid groups (broad SMARTS) is 2. The summed E-state index contributed by atoms with van der Waals surface area (Å²) in [5.41, 5.74) is 0. The standard InChI is InChI=1S/C3H4O6S.2Na.2H/c4-2(5)1(3(6)7)10(8)9;;;;/h1H,(H,4,5)(H,6,7)(H,8,9);;;;/q;2*+1;2*-1. The monoisotopic (exact) mass is 216 g/mol. The van der Waals surface area contributed by atoms with E-state index in [1.54, 1.807) is 0 Å². The summed E-state index contributed by atoms with van der Waals surface area (Å²) >= 11 is -2.86. The summed E-state index contributed by atoms with van der Waals surface area (Å²) in [5, 5.41) is 13.7. The van der Waals surface area contributed by atoms with Crippen LogP contribution >= 0.6 is 0 Å². The van der Waals surface area contributed by atoms with Crippen LogP contribution in [-0.4, -0.2) is 36.2 Å². The van der Waals surface area contributed by atoms with Crippen LogP contribution in [0.25, 0.3) is 0 Å². The molecule has 1 unspecified atom stereocenters. The number of aliphatic carboxylic acids is 2. The second-order valence-electron chi connectivity index (χ2n) is 1.33. The van der Waals surface area contributed by atoms with Gasteiger partial charge in [0, 0.05) is 0 Å².